The Bertz CT molecular complexity index is 425. The number of nitrogens with zero attached hydrogens (tertiary/aromatic N) is 1. The number of halogens is 2. The van der Waals surface area contributed by atoms with Crippen LogP contribution in [0.4, 0.5) is 4.39 Å². The minimum Gasteiger partial charge on any atom is -0.309 e. The number of nitrogens with one attached hydrogen (secondary N) is 1. The lowest BCUT2D eigenvalue weighted by Gasteiger charge is -2.33. The Morgan fingerprint density at radius 2 is 2.26 bits per heavy atom. The van der Waals surface area contributed by atoms with Crippen molar-refractivity contribution in [3.63, 3.8) is 0 Å². The summed E-state index contributed by atoms with van der Waals surface area (Å²) >= 11 is 3.29. The van der Waals surface area contributed by atoms with Crippen LogP contribution >= 0.6 is 15.9 Å². The molecule has 1 N–H and O–H groups in total. The van der Waals surface area contributed by atoms with Crippen molar-refractivity contribution in [2.24, 2.45) is 0 Å². The smallest absolute Gasteiger partial charge is 0.129 e. The molecule has 1 saturated heterocycles. The van der Waals surface area contributed by atoms with E-state index in [-0.39, 0.29) is 11.9 Å². The molecule has 0 amide bonds. The molecule has 1 aromatic carbocycles. The number of hydrogen-bond donors (Lipinski definition) is 1. The van der Waals surface area contributed by atoms with Crippen molar-refractivity contribution in [3.8, 4) is 0 Å². The SMILES string of the molecule is CC(NCC1CCCCN1C)c1ccc(Br)cc1F. The summed E-state index contributed by atoms with van der Waals surface area (Å²) in [5, 5.41) is 3.46. The van der Waals surface area contributed by atoms with Gasteiger partial charge in [-0.05, 0) is 45.5 Å². The molecular formula is C15H22BrFN2. The van der Waals surface area contributed by atoms with Crippen LogP contribution in [0.5, 0.6) is 0 Å². The maximum atomic E-state index is 13.9. The molecule has 0 aromatic heterocycles. The van der Waals surface area contributed by atoms with Crippen molar-refractivity contribution >= 4 is 15.9 Å². The third-order valence-electron chi connectivity index (χ3n) is 4.01. The van der Waals surface area contributed by atoms with E-state index in [4.69, 9.17) is 0 Å². The van der Waals surface area contributed by atoms with Gasteiger partial charge >= 0.3 is 0 Å². The fraction of sp³-hybridized carbons (Fsp3) is 0.600. The molecule has 1 aromatic rings. The summed E-state index contributed by atoms with van der Waals surface area (Å²) in [5.41, 5.74) is 0.738. The number of rotatable bonds is 4. The first-order valence-corrected chi connectivity index (χ1v) is 7.76. The lowest BCUT2D eigenvalue weighted by Crippen LogP contribution is -2.43. The zero-order valence-electron chi connectivity index (χ0n) is 11.6. The number of benzene rings is 1. The topological polar surface area (TPSA) is 15.3 Å². The van der Waals surface area contributed by atoms with Gasteiger partial charge in [0.15, 0.2) is 0 Å². The van der Waals surface area contributed by atoms with Crippen molar-refractivity contribution < 1.29 is 4.39 Å². The zero-order valence-corrected chi connectivity index (χ0v) is 13.2. The van der Waals surface area contributed by atoms with E-state index in [1.807, 2.05) is 19.1 Å². The largest absolute Gasteiger partial charge is 0.309 e. The maximum absolute atomic E-state index is 13.9. The van der Waals surface area contributed by atoms with Crippen LogP contribution in [-0.2, 0) is 0 Å². The van der Waals surface area contributed by atoms with E-state index in [9.17, 15) is 4.39 Å². The van der Waals surface area contributed by atoms with Crippen LogP contribution in [-0.4, -0.2) is 31.1 Å². The van der Waals surface area contributed by atoms with E-state index in [0.29, 0.717) is 6.04 Å². The van der Waals surface area contributed by atoms with Crippen LogP contribution in [0.25, 0.3) is 0 Å². The lowest BCUT2D eigenvalue weighted by molar-refractivity contribution is 0.178. The quantitative estimate of drug-likeness (QED) is 0.906. The van der Waals surface area contributed by atoms with E-state index >= 15 is 0 Å². The highest BCUT2D eigenvalue weighted by molar-refractivity contribution is 9.10. The highest BCUT2D eigenvalue weighted by Gasteiger charge is 2.20. The van der Waals surface area contributed by atoms with Crippen LogP contribution in [0, 0.1) is 5.82 Å². The fourth-order valence-corrected chi connectivity index (χ4v) is 3.01. The maximum Gasteiger partial charge on any atom is 0.129 e. The molecule has 0 radical (unpaired) electrons. The summed E-state index contributed by atoms with van der Waals surface area (Å²) < 4.78 is 14.6. The van der Waals surface area contributed by atoms with E-state index in [2.05, 4.69) is 33.2 Å². The van der Waals surface area contributed by atoms with E-state index < -0.39 is 0 Å². The molecule has 2 nitrogen and oxygen atoms in total. The molecule has 106 valence electrons. The minimum atomic E-state index is -0.147. The summed E-state index contributed by atoms with van der Waals surface area (Å²) in [4.78, 5) is 2.40. The monoisotopic (exact) mass is 328 g/mol. The highest BCUT2D eigenvalue weighted by Crippen LogP contribution is 2.21. The van der Waals surface area contributed by atoms with Crippen molar-refractivity contribution in [3.05, 3.63) is 34.1 Å². The summed E-state index contributed by atoms with van der Waals surface area (Å²) in [6, 6.07) is 5.89. The van der Waals surface area contributed by atoms with Crippen LogP contribution < -0.4 is 5.32 Å². The van der Waals surface area contributed by atoms with Gasteiger partial charge in [-0.2, -0.15) is 0 Å². The normalized spacial score (nSPS) is 22.4. The Hall–Kier alpha value is -0.450. The molecule has 0 bridgehead atoms. The van der Waals surface area contributed by atoms with E-state index in [1.54, 1.807) is 0 Å². The third-order valence-corrected chi connectivity index (χ3v) is 4.50. The van der Waals surface area contributed by atoms with Crippen molar-refractivity contribution in [2.45, 2.75) is 38.3 Å². The van der Waals surface area contributed by atoms with Gasteiger partial charge < -0.3 is 10.2 Å². The molecular weight excluding hydrogens is 307 g/mol. The van der Waals surface area contributed by atoms with Gasteiger partial charge in [0, 0.05) is 28.7 Å². The first-order chi connectivity index (χ1) is 9.08. The lowest BCUT2D eigenvalue weighted by atomic mass is 10.0. The Balaban J connectivity index is 1.91. The summed E-state index contributed by atoms with van der Waals surface area (Å²) in [6.45, 7) is 4.12. The average Bonchev–Trinajstić information content (AvgIpc) is 2.37. The first kappa shape index (κ1) is 14.9. The van der Waals surface area contributed by atoms with Crippen LogP contribution in [0.3, 0.4) is 0 Å². The fourth-order valence-electron chi connectivity index (χ4n) is 2.68. The van der Waals surface area contributed by atoms with Gasteiger partial charge in [-0.15, -0.1) is 0 Å². The molecule has 2 atom stereocenters. The van der Waals surface area contributed by atoms with Crippen molar-refractivity contribution in [1.29, 1.82) is 0 Å². The van der Waals surface area contributed by atoms with Gasteiger partial charge in [-0.25, -0.2) is 4.39 Å². The second kappa shape index (κ2) is 6.82. The second-order valence-electron chi connectivity index (χ2n) is 5.43. The summed E-state index contributed by atoms with van der Waals surface area (Å²) in [7, 11) is 2.18. The molecule has 4 heteroatoms. The molecule has 1 aliphatic rings. The average molecular weight is 329 g/mol. The van der Waals surface area contributed by atoms with Crippen LogP contribution in [0.1, 0.15) is 37.8 Å². The molecule has 1 fully saturated rings. The standard InChI is InChI=1S/C15H22BrFN2/c1-11(14-7-6-12(16)9-15(14)17)18-10-13-5-3-4-8-19(13)2/h6-7,9,11,13,18H,3-5,8,10H2,1-2H3. The Kier molecular flexibility index (Phi) is 5.37. The number of piperidine rings is 1. The van der Waals surface area contributed by atoms with E-state index in [0.717, 1.165) is 16.6 Å². The molecule has 19 heavy (non-hydrogen) atoms. The van der Waals surface area contributed by atoms with Crippen molar-refractivity contribution in [1.82, 2.24) is 10.2 Å². The Morgan fingerprint density at radius 1 is 1.47 bits per heavy atom. The third kappa shape index (κ3) is 4.01. The predicted octanol–water partition coefficient (Wildman–Crippen LogP) is 3.72. The van der Waals surface area contributed by atoms with Crippen LogP contribution in [0.15, 0.2) is 22.7 Å². The molecule has 1 aliphatic heterocycles. The first-order valence-electron chi connectivity index (χ1n) is 6.96. The van der Waals surface area contributed by atoms with Gasteiger partial charge in [0.2, 0.25) is 0 Å². The predicted molar refractivity (Wildman–Crippen MR) is 80.8 cm³/mol. The Labute approximate surface area is 123 Å². The number of hydrogen-bond acceptors (Lipinski definition) is 2. The van der Waals surface area contributed by atoms with E-state index in [1.165, 1.54) is 31.9 Å². The number of likely N-dealkylation sites (tertiary alicyclic amines) is 1. The van der Waals surface area contributed by atoms with Gasteiger partial charge in [0.1, 0.15) is 5.82 Å². The van der Waals surface area contributed by atoms with Crippen molar-refractivity contribution in [2.75, 3.05) is 20.1 Å². The molecule has 2 rings (SSSR count). The van der Waals surface area contributed by atoms with Gasteiger partial charge in [-0.1, -0.05) is 28.4 Å². The highest BCUT2D eigenvalue weighted by atomic mass is 79.9. The molecule has 0 saturated carbocycles. The molecule has 2 unspecified atom stereocenters. The van der Waals surface area contributed by atoms with Gasteiger partial charge in [0.25, 0.3) is 0 Å². The molecule has 0 aliphatic carbocycles. The Morgan fingerprint density at radius 3 is 2.95 bits per heavy atom. The summed E-state index contributed by atoms with van der Waals surface area (Å²) in [6.07, 6.45) is 3.83. The minimum absolute atomic E-state index is 0.0448. The molecule has 1 heterocycles. The second-order valence-corrected chi connectivity index (χ2v) is 6.34. The van der Waals surface area contributed by atoms with Gasteiger partial charge in [-0.3, -0.25) is 0 Å². The summed E-state index contributed by atoms with van der Waals surface area (Å²) in [5.74, 6) is -0.147. The number of likely N-dealkylation sites (N-methyl/N-ethyl adjacent to an activating group) is 1. The zero-order chi connectivity index (χ0) is 13.8. The molecule has 0 spiro atoms. The van der Waals surface area contributed by atoms with Gasteiger partial charge in [0.05, 0.1) is 0 Å². The van der Waals surface area contributed by atoms with Crippen LogP contribution in [0.2, 0.25) is 0 Å².